The molecule has 0 N–H and O–H groups in total. The maximum Gasteiger partial charge on any atom is 0.375 e. The molecule has 140 valence electrons. The minimum Gasteiger partial charge on any atom is -0.398 e. The van der Waals surface area contributed by atoms with Gasteiger partial charge in [0.05, 0.1) is 16.1 Å². The van der Waals surface area contributed by atoms with E-state index in [0.29, 0.717) is 10.0 Å². The fourth-order valence-electron chi connectivity index (χ4n) is 4.35. The molecule has 0 spiro atoms. The van der Waals surface area contributed by atoms with E-state index in [2.05, 4.69) is 21.7 Å². The van der Waals surface area contributed by atoms with E-state index in [9.17, 15) is 0 Å². The Morgan fingerprint density at radius 2 is 1.81 bits per heavy atom. The van der Waals surface area contributed by atoms with Crippen LogP contribution in [0.2, 0.25) is 10.0 Å². The van der Waals surface area contributed by atoms with Crippen LogP contribution in [0.5, 0.6) is 0 Å². The topological polar surface area (TPSA) is 20.3 Å². The lowest BCUT2D eigenvalue weighted by atomic mass is 10.0. The number of aromatic nitrogens is 1. The summed E-state index contributed by atoms with van der Waals surface area (Å²) in [4.78, 5) is 2.36. The van der Waals surface area contributed by atoms with Crippen LogP contribution in [0.3, 0.4) is 0 Å². The largest absolute Gasteiger partial charge is 0.398 e. The summed E-state index contributed by atoms with van der Waals surface area (Å²) in [7, 11) is 0. The molecule has 2 aliphatic rings. The fourth-order valence-corrected chi connectivity index (χ4v) is 4.66. The van der Waals surface area contributed by atoms with Crippen molar-refractivity contribution in [3.8, 4) is 0 Å². The Hall–Kier alpha value is -1.19. The average molecular weight is 394 g/mol. The summed E-state index contributed by atoms with van der Waals surface area (Å²) in [6, 6.07) is 3.77. The van der Waals surface area contributed by atoms with Crippen molar-refractivity contribution in [2.24, 2.45) is 5.92 Å². The summed E-state index contributed by atoms with van der Waals surface area (Å²) in [5.41, 5.74) is 1.84. The summed E-state index contributed by atoms with van der Waals surface area (Å²) >= 11 is 12.5. The van der Waals surface area contributed by atoms with Crippen molar-refractivity contribution in [1.82, 2.24) is 4.90 Å². The lowest BCUT2D eigenvalue weighted by Gasteiger charge is -2.09. The molecule has 1 aromatic heterocycles. The summed E-state index contributed by atoms with van der Waals surface area (Å²) < 4.78 is 8.39. The van der Waals surface area contributed by atoms with Crippen molar-refractivity contribution in [3.05, 3.63) is 34.3 Å². The highest BCUT2D eigenvalue weighted by Gasteiger charge is 2.23. The van der Waals surface area contributed by atoms with Crippen LogP contribution in [-0.2, 0) is 6.54 Å². The predicted octanol–water partition coefficient (Wildman–Crippen LogP) is 6.06. The van der Waals surface area contributed by atoms with Gasteiger partial charge in [-0.1, -0.05) is 48.9 Å². The number of aryl methyl sites for hydroxylation is 1. The molecule has 0 unspecified atom stereocenters. The molecule has 0 amide bonds. The molecule has 1 aromatic carbocycles. The number of hydrogen-bond acceptors (Lipinski definition) is 2. The SMILES string of the molecule is Clc1cc2oc(C=CN3CCCC3)[n+](CCCC3CCCC3)c2cc1Cl. The van der Waals surface area contributed by atoms with Gasteiger partial charge in [0.2, 0.25) is 5.58 Å². The van der Waals surface area contributed by atoms with Crippen molar-refractivity contribution in [2.45, 2.75) is 57.9 Å². The standard InChI is InChI=1S/C21H27Cl2N2O/c22-17-14-19-20(15-18(17)23)26-21(9-13-24-10-3-4-11-24)25(19)12-5-8-16-6-1-2-7-16/h9,13-16H,1-8,10-12H2/q+1. The van der Waals surface area contributed by atoms with Crippen molar-refractivity contribution >= 4 is 40.4 Å². The van der Waals surface area contributed by atoms with Gasteiger partial charge >= 0.3 is 5.89 Å². The van der Waals surface area contributed by atoms with Crippen LogP contribution in [0.25, 0.3) is 17.2 Å². The first-order valence-corrected chi connectivity index (χ1v) is 10.7. The molecule has 2 heterocycles. The fraction of sp³-hybridized carbons (Fsp3) is 0.571. The van der Waals surface area contributed by atoms with E-state index in [1.807, 2.05) is 12.1 Å². The van der Waals surface area contributed by atoms with Gasteiger partial charge in [-0.05, 0) is 25.2 Å². The highest BCUT2D eigenvalue weighted by Crippen LogP contribution is 2.30. The molecule has 0 bridgehead atoms. The smallest absolute Gasteiger partial charge is 0.375 e. The number of benzene rings is 1. The molecule has 0 atom stereocenters. The molecule has 1 saturated carbocycles. The predicted molar refractivity (Wildman–Crippen MR) is 107 cm³/mol. The van der Waals surface area contributed by atoms with E-state index < -0.39 is 0 Å². The van der Waals surface area contributed by atoms with Crippen LogP contribution in [0.1, 0.15) is 57.3 Å². The number of halogens is 2. The van der Waals surface area contributed by atoms with Gasteiger partial charge in [0.25, 0.3) is 5.52 Å². The molecule has 2 fully saturated rings. The Morgan fingerprint density at radius 1 is 1.08 bits per heavy atom. The van der Waals surface area contributed by atoms with Crippen molar-refractivity contribution in [3.63, 3.8) is 0 Å². The average Bonchev–Trinajstić information content (AvgIpc) is 3.36. The summed E-state index contributed by atoms with van der Waals surface area (Å²) in [5.74, 6) is 1.80. The molecule has 1 aliphatic heterocycles. The van der Waals surface area contributed by atoms with Gasteiger partial charge in [-0.3, -0.25) is 0 Å². The molecular formula is C21H27Cl2N2O+. The van der Waals surface area contributed by atoms with Crippen molar-refractivity contribution < 1.29 is 8.98 Å². The van der Waals surface area contributed by atoms with Crippen LogP contribution < -0.4 is 4.57 Å². The van der Waals surface area contributed by atoms with E-state index in [4.69, 9.17) is 27.6 Å². The lowest BCUT2D eigenvalue weighted by Crippen LogP contribution is -2.35. The second-order valence-electron chi connectivity index (χ2n) is 7.68. The van der Waals surface area contributed by atoms with Crippen LogP contribution in [0.15, 0.2) is 22.7 Å². The maximum atomic E-state index is 6.27. The molecule has 1 aliphatic carbocycles. The Kier molecular flexibility index (Phi) is 5.75. The van der Waals surface area contributed by atoms with Gasteiger partial charge in [0.1, 0.15) is 0 Å². The van der Waals surface area contributed by atoms with Gasteiger partial charge in [0.15, 0.2) is 6.54 Å². The number of nitrogens with zero attached hydrogens (tertiary/aromatic N) is 2. The third-order valence-electron chi connectivity index (χ3n) is 5.81. The molecule has 1 saturated heterocycles. The van der Waals surface area contributed by atoms with Crippen LogP contribution in [0, 0.1) is 5.92 Å². The molecule has 26 heavy (non-hydrogen) atoms. The number of oxazole rings is 1. The van der Waals surface area contributed by atoms with Crippen molar-refractivity contribution in [1.29, 1.82) is 0 Å². The van der Waals surface area contributed by atoms with Gasteiger partial charge in [-0.25, -0.2) is 0 Å². The second-order valence-corrected chi connectivity index (χ2v) is 8.49. The Morgan fingerprint density at radius 3 is 2.58 bits per heavy atom. The molecule has 5 heteroatoms. The summed E-state index contributed by atoms with van der Waals surface area (Å²) in [5, 5.41) is 1.13. The van der Waals surface area contributed by atoms with Crippen LogP contribution in [-0.4, -0.2) is 18.0 Å². The first kappa shape index (κ1) is 18.2. The Labute approximate surface area is 165 Å². The minimum absolute atomic E-state index is 0.543. The zero-order valence-electron chi connectivity index (χ0n) is 15.2. The van der Waals surface area contributed by atoms with Gasteiger partial charge in [-0.2, -0.15) is 4.57 Å². The Balaban J connectivity index is 1.57. The molecule has 4 rings (SSSR count). The molecule has 0 radical (unpaired) electrons. The number of rotatable bonds is 6. The van der Waals surface area contributed by atoms with Crippen molar-refractivity contribution in [2.75, 3.05) is 13.1 Å². The zero-order valence-corrected chi connectivity index (χ0v) is 16.7. The van der Waals surface area contributed by atoms with Crippen LogP contribution in [0.4, 0.5) is 0 Å². The second kappa shape index (κ2) is 8.22. The number of likely N-dealkylation sites (tertiary alicyclic amines) is 1. The summed E-state index contributed by atoms with van der Waals surface area (Å²) in [6.45, 7) is 3.23. The van der Waals surface area contributed by atoms with Gasteiger partial charge in [0, 0.05) is 37.8 Å². The first-order chi connectivity index (χ1) is 12.7. The highest BCUT2D eigenvalue weighted by molar-refractivity contribution is 6.42. The number of hydrogen-bond donors (Lipinski definition) is 0. The highest BCUT2D eigenvalue weighted by atomic mass is 35.5. The Bertz CT molecular complexity index is 787. The molecular weight excluding hydrogens is 367 g/mol. The quantitative estimate of drug-likeness (QED) is 0.555. The van der Waals surface area contributed by atoms with E-state index in [0.717, 1.165) is 42.5 Å². The third kappa shape index (κ3) is 4.04. The summed E-state index contributed by atoms with van der Waals surface area (Å²) in [6.07, 6.45) is 14.9. The van der Waals surface area contributed by atoms with E-state index >= 15 is 0 Å². The van der Waals surface area contributed by atoms with E-state index in [1.165, 1.54) is 51.4 Å². The molecule has 3 nitrogen and oxygen atoms in total. The van der Waals surface area contributed by atoms with Gasteiger partial charge < -0.3 is 9.32 Å². The molecule has 2 aromatic rings. The normalized spacial score (nSPS) is 18.8. The third-order valence-corrected chi connectivity index (χ3v) is 6.53. The maximum absolute atomic E-state index is 6.27. The van der Waals surface area contributed by atoms with Crippen LogP contribution >= 0.6 is 23.2 Å². The minimum atomic E-state index is 0.543. The van der Waals surface area contributed by atoms with E-state index in [-0.39, 0.29) is 0 Å². The monoisotopic (exact) mass is 393 g/mol. The first-order valence-electron chi connectivity index (χ1n) is 9.94. The zero-order chi connectivity index (χ0) is 17.9. The lowest BCUT2D eigenvalue weighted by molar-refractivity contribution is -0.678. The van der Waals surface area contributed by atoms with E-state index in [1.54, 1.807) is 0 Å². The van der Waals surface area contributed by atoms with Gasteiger partial charge in [-0.15, -0.1) is 0 Å². The number of fused-ring (bicyclic) bond motifs is 1.